The molecule has 144 valence electrons. The minimum atomic E-state index is -3.60. The molecule has 1 atom stereocenters. The Morgan fingerprint density at radius 2 is 2.11 bits per heavy atom. The Morgan fingerprint density at radius 3 is 2.74 bits per heavy atom. The number of carbonyl (C=O) groups is 2. The highest BCUT2D eigenvalue weighted by Crippen LogP contribution is 2.41. The number of thiazole rings is 1. The summed E-state index contributed by atoms with van der Waals surface area (Å²) >= 11 is 2.56. The van der Waals surface area contributed by atoms with Gasteiger partial charge in [-0.05, 0) is 18.2 Å². The van der Waals surface area contributed by atoms with Crippen LogP contribution in [0.1, 0.15) is 6.42 Å². The van der Waals surface area contributed by atoms with Crippen LogP contribution in [0.15, 0.2) is 39.6 Å². The number of benzene rings is 1. The Hall–Kier alpha value is -1.95. The van der Waals surface area contributed by atoms with Crippen LogP contribution in [-0.4, -0.2) is 55.9 Å². The number of aromatic nitrogens is 1. The van der Waals surface area contributed by atoms with Crippen molar-refractivity contribution < 1.29 is 18.0 Å². The molecule has 2 aromatic rings. The Balaban J connectivity index is 1.81. The zero-order chi connectivity index (χ0) is 19.8. The van der Waals surface area contributed by atoms with Crippen LogP contribution in [0.4, 0.5) is 10.8 Å². The zero-order valence-corrected chi connectivity index (χ0v) is 17.3. The van der Waals surface area contributed by atoms with Crippen molar-refractivity contribution in [3.05, 3.63) is 29.8 Å². The van der Waals surface area contributed by atoms with Crippen LogP contribution in [-0.2, 0) is 19.6 Å². The molecular formula is C16H18N4O4S3. The molecular weight excluding hydrogens is 408 g/mol. The summed E-state index contributed by atoms with van der Waals surface area (Å²) in [5, 5.41) is 4.32. The van der Waals surface area contributed by atoms with Crippen LogP contribution in [0.5, 0.6) is 0 Å². The third-order valence-corrected chi connectivity index (χ3v) is 7.75. The monoisotopic (exact) mass is 426 g/mol. The molecule has 0 fully saturated rings. The van der Waals surface area contributed by atoms with E-state index < -0.39 is 15.3 Å². The largest absolute Gasteiger partial charge is 0.313 e. The highest BCUT2D eigenvalue weighted by atomic mass is 32.2. The van der Waals surface area contributed by atoms with Gasteiger partial charge in [0.05, 0.1) is 15.8 Å². The third-order valence-electron chi connectivity index (χ3n) is 4.00. The topological polar surface area (TPSA) is 99.7 Å². The van der Waals surface area contributed by atoms with Gasteiger partial charge in [-0.25, -0.2) is 17.7 Å². The van der Waals surface area contributed by atoms with Gasteiger partial charge in [0.15, 0.2) is 5.13 Å². The van der Waals surface area contributed by atoms with Crippen molar-refractivity contribution in [2.45, 2.75) is 21.5 Å². The zero-order valence-electron chi connectivity index (χ0n) is 14.9. The minimum Gasteiger partial charge on any atom is -0.313 e. The molecule has 0 saturated heterocycles. The molecule has 27 heavy (non-hydrogen) atoms. The van der Waals surface area contributed by atoms with Crippen LogP contribution >= 0.6 is 23.1 Å². The van der Waals surface area contributed by atoms with Crippen LogP contribution in [0.3, 0.4) is 0 Å². The Bertz CT molecular complexity index is 974. The molecule has 0 spiro atoms. The predicted molar refractivity (Wildman–Crippen MR) is 106 cm³/mol. The maximum Gasteiger partial charge on any atom is 0.242 e. The molecule has 1 aliphatic rings. The molecule has 0 radical (unpaired) electrons. The van der Waals surface area contributed by atoms with Crippen molar-refractivity contribution in [1.82, 2.24) is 9.29 Å². The molecule has 1 aromatic heterocycles. The van der Waals surface area contributed by atoms with E-state index in [9.17, 15) is 18.0 Å². The number of thioether (sulfide) groups is 1. The van der Waals surface area contributed by atoms with Gasteiger partial charge in [0.2, 0.25) is 21.8 Å². The van der Waals surface area contributed by atoms with E-state index in [1.165, 1.54) is 54.2 Å². The fourth-order valence-electron chi connectivity index (χ4n) is 2.52. The number of sulfonamides is 1. The van der Waals surface area contributed by atoms with E-state index in [1.54, 1.807) is 24.7 Å². The number of nitrogens with zero attached hydrogens (tertiary/aromatic N) is 3. The highest BCUT2D eigenvalue weighted by molar-refractivity contribution is 8.01. The van der Waals surface area contributed by atoms with Crippen molar-refractivity contribution >= 4 is 55.8 Å². The molecule has 1 aliphatic heterocycles. The van der Waals surface area contributed by atoms with Crippen LogP contribution in [0, 0.1) is 0 Å². The molecule has 11 heteroatoms. The molecule has 0 bridgehead atoms. The maximum absolute atomic E-state index is 12.7. The van der Waals surface area contributed by atoms with Gasteiger partial charge in [-0.15, -0.1) is 23.1 Å². The van der Waals surface area contributed by atoms with Gasteiger partial charge in [-0.1, -0.05) is 0 Å². The van der Waals surface area contributed by atoms with Crippen molar-refractivity contribution in [1.29, 1.82) is 0 Å². The van der Waals surface area contributed by atoms with Gasteiger partial charge in [-0.2, -0.15) is 0 Å². The maximum atomic E-state index is 12.7. The van der Waals surface area contributed by atoms with E-state index in [1.807, 2.05) is 0 Å². The number of rotatable bonds is 5. The lowest BCUT2D eigenvalue weighted by Gasteiger charge is -2.31. The average Bonchev–Trinajstić information content (AvgIpc) is 3.11. The SMILES string of the molecule is CN1C(=O)[C@@H](CC(=O)Nc2nccs2)Sc2ccc(S(=O)(=O)N(C)C)cc21. The van der Waals surface area contributed by atoms with Crippen molar-refractivity contribution in [3.63, 3.8) is 0 Å². The Morgan fingerprint density at radius 1 is 1.37 bits per heavy atom. The number of nitrogens with one attached hydrogen (secondary N) is 1. The lowest BCUT2D eigenvalue weighted by atomic mass is 10.2. The summed E-state index contributed by atoms with van der Waals surface area (Å²) in [5.41, 5.74) is 0.518. The number of hydrogen-bond acceptors (Lipinski definition) is 7. The molecule has 8 nitrogen and oxygen atoms in total. The van der Waals surface area contributed by atoms with Gasteiger partial charge in [0.1, 0.15) is 0 Å². The van der Waals surface area contributed by atoms with E-state index in [-0.39, 0.29) is 23.1 Å². The van der Waals surface area contributed by atoms with Gasteiger partial charge in [0, 0.05) is 44.0 Å². The number of anilines is 2. The molecule has 1 N–H and O–H groups in total. The fourth-order valence-corrected chi connectivity index (χ4v) is 5.25. The minimum absolute atomic E-state index is 0.00457. The summed E-state index contributed by atoms with van der Waals surface area (Å²) < 4.78 is 25.8. The second kappa shape index (κ2) is 7.58. The van der Waals surface area contributed by atoms with Crippen molar-refractivity contribution in [3.8, 4) is 0 Å². The molecule has 2 amide bonds. The second-order valence-electron chi connectivity index (χ2n) is 6.01. The first-order chi connectivity index (χ1) is 12.7. The van der Waals surface area contributed by atoms with E-state index in [0.29, 0.717) is 10.8 Å². The fraction of sp³-hybridized carbons (Fsp3) is 0.312. The van der Waals surface area contributed by atoms with Gasteiger partial charge < -0.3 is 10.2 Å². The number of hydrogen-bond donors (Lipinski definition) is 1. The molecule has 0 aliphatic carbocycles. The standard InChI is InChI=1S/C16H18N4O4S3/c1-19(2)27(23,24)10-4-5-12-11(8-10)20(3)15(22)13(26-12)9-14(21)18-16-17-6-7-25-16/h4-8,13H,9H2,1-3H3,(H,17,18,21)/t13-/m1/s1. The van der Waals surface area contributed by atoms with E-state index >= 15 is 0 Å². The van der Waals surface area contributed by atoms with Crippen molar-refractivity contribution in [2.75, 3.05) is 31.4 Å². The molecule has 0 saturated carbocycles. The lowest BCUT2D eigenvalue weighted by molar-refractivity contribution is -0.122. The first-order valence-electron chi connectivity index (χ1n) is 7.90. The molecule has 0 unspecified atom stereocenters. The summed E-state index contributed by atoms with van der Waals surface area (Å²) in [6.45, 7) is 0. The average molecular weight is 427 g/mol. The molecule has 3 rings (SSSR count). The lowest BCUT2D eigenvalue weighted by Crippen LogP contribution is -2.40. The first kappa shape index (κ1) is 19.8. The first-order valence-corrected chi connectivity index (χ1v) is 11.1. The smallest absolute Gasteiger partial charge is 0.242 e. The van der Waals surface area contributed by atoms with Crippen LogP contribution in [0.25, 0.3) is 0 Å². The molecule has 2 heterocycles. The summed E-state index contributed by atoms with van der Waals surface area (Å²) in [7, 11) is 0.893. The van der Waals surface area contributed by atoms with E-state index in [2.05, 4.69) is 10.3 Å². The molecule has 1 aromatic carbocycles. The van der Waals surface area contributed by atoms with Gasteiger partial charge in [0.25, 0.3) is 0 Å². The van der Waals surface area contributed by atoms with Crippen molar-refractivity contribution in [2.24, 2.45) is 0 Å². The number of carbonyl (C=O) groups excluding carboxylic acids is 2. The van der Waals surface area contributed by atoms with E-state index in [0.717, 1.165) is 9.20 Å². The second-order valence-corrected chi connectivity index (χ2v) is 10.3. The van der Waals surface area contributed by atoms with Gasteiger partial charge >= 0.3 is 0 Å². The summed E-state index contributed by atoms with van der Waals surface area (Å²) in [6, 6.07) is 4.67. The predicted octanol–water partition coefficient (Wildman–Crippen LogP) is 1.86. The summed E-state index contributed by atoms with van der Waals surface area (Å²) in [4.78, 5) is 31.1. The number of fused-ring (bicyclic) bond motifs is 1. The highest BCUT2D eigenvalue weighted by Gasteiger charge is 2.34. The normalized spacial score (nSPS) is 17.1. The number of amides is 2. The quantitative estimate of drug-likeness (QED) is 0.783. The summed E-state index contributed by atoms with van der Waals surface area (Å²) in [6.07, 6.45) is 1.59. The van der Waals surface area contributed by atoms with Crippen LogP contribution < -0.4 is 10.2 Å². The van der Waals surface area contributed by atoms with E-state index in [4.69, 9.17) is 0 Å². The third kappa shape index (κ3) is 4.00. The summed E-state index contributed by atoms with van der Waals surface area (Å²) in [5.74, 6) is -0.541. The van der Waals surface area contributed by atoms with Crippen LogP contribution in [0.2, 0.25) is 0 Å². The van der Waals surface area contributed by atoms with Gasteiger partial charge in [-0.3, -0.25) is 9.59 Å². The Labute approximate surface area is 165 Å². The Kier molecular flexibility index (Phi) is 5.56.